The topological polar surface area (TPSA) is 69.6 Å². The van der Waals surface area contributed by atoms with Gasteiger partial charge in [-0.15, -0.1) is 0 Å². The number of nitrogens with one attached hydrogen (secondary N) is 1. The molecule has 0 saturated carbocycles. The van der Waals surface area contributed by atoms with Crippen molar-refractivity contribution in [3.05, 3.63) is 28.2 Å². The highest BCUT2D eigenvalue weighted by Crippen LogP contribution is 2.29. The van der Waals surface area contributed by atoms with Crippen LogP contribution in [0.25, 0.3) is 0 Å². The summed E-state index contributed by atoms with van der Waals surface area (Å²) in [6.45, 7) is 5.60. The van der Waals surface area contributed by atoms with Crippen molar-refractivity contribution in [2.45, 2.75) is 20.3 Å². The summed E-state index contributed by atoms with van der Waals surface area (Å²) in [5, 5.41) is 11.8. The van der Waals surface area contributed by atoms with E-state index in [-0.39, 0.29) is 17.0 Å². The van der Waals surface area contributed by atoms with Crippen LogP contribution in [-0.2, 0) is 0 Å². The van der Waals surface area contributed by atoms with Gasteiger partial charge < -0.3 is 15.3 Å². The van der Waals surface area contributed by atoms with Gasteiger partial charge in [0.1, 0.15) is 0 Å². The largest absolute Gasteiger partial charge is 0.478 e. The highest BCUT2D eigenvalue weighted by Gasteiger charge is 2.32. The molecule has 2 amide bonds. The molecule has 1 saturated heterocycles. The standard InChI is InChI=1S/C14H17BrN2O3/c1-14(2)5-6-17(8-14)13(20)16-11-4-3-9(15)7-10(11)12(18)19/h3-4,7H,5-6,8H2,1-2H3,(H,16,20)(H,18,19). The minimum atomic E-state index is -1.07. The Hall–Kier alpha value is -1.56. The third kappa shape index (κ3) is 3.30. The SMILES string of the molecule is CC1(C)CCN(C(=O)Nc2ccc(Br)cc2C(=O)O)C1. The second-order valence-corrected chi connectivity index (χ2v) is 6.68. The van der Waals surface area contributed by atoms with Crippen LogP contribution >= 0.6 is 15.9 Å². The smallest absolute Gasteiger partial charge is 0.337 e. The summed E-state index contributed by atoms with van der Waals surface area (Å²) in [6.07, 6.45) is 0.951. The molecule has 1 heterocycles. The van der Waals surface area contributed by atoms with E-state index in [1.807, 2.05) is 0 Å². The number of carboxylic acids is 1. The van der Waals surface area contributed by atoms with Gasteiger partial charge in [0, 0.05) is 17.6 Å². The Bertz CT molecular complexity index is 557. The van der Waals surface area contributed by atoms with Crippen molar-refractivity contribution < 1.29 is 14.7 Å². The molecule has 0 bridgehead atoms. The van der Waals surface area contributed by atoms with Crippen molar-refractivity contribution in [1.82, 2.24) is 4.90 Å². The Morgan fingerprint density at radius 1 is 1.40 bits per heavy atom. The second-order valence-electron chi connectivity index (χ2n) is 5.76. The number of aromatic carboxylic acids is 1. The molecule has 1 fully saturated rings. The monoisotopic (exact) mass is 340 g/mol. The molecule has 0 unspecified atom stereocenters. The van der Waals surface area contributed by atoms with Gasteiger partial charge in [0.2, 0.25) is 0 Å². The lowest BCUT2D eigenvalue weighted by molar-refractivity contribution is 0.0698. The van der Waals surface area contributed by atoms with E-state index in [1.165, 1.54) is 6.07 Å². The average Bonchev–Trinajstić information content (AvgIpc) is 2.71. The minimum absolute atomic E-state index is 0.0752. The van der Waals surface area contributed by atoms with E-state index < -0.39 is 5.97 Å². The van der Waals surface area contributed by atoms with E-state index in [0.29, 0.717) is 23.2 Å². The van der Waals surface area contributed by atoms with Crippen LogP contribution in [0.1, 0.15) is 30.6 Å². The van der Waals surface area contributed by atoms with Crippen LogP contribution in [0.5, 0.6) is 0 Å². The fraction of sp³-hybridized carbons (Fsp3) is 0.429. The highest BCUT2D eigenvalue weighted by atomic mass is 79.9. The quantitative estimate of drug-likeness (QED) is 0.866. The molecule has 1 aliphatic rings. The predicted octanol–water partition coefficient (Wildman–Crippen LogP) is 3.41. The van der Waals surface area contributed by atoms with Crippen molar-refractivity contribution in [2.24, 2.45) is 5.41 Å². The molecule has 6 heteroatoms. The van der Waals surface area contributed by atoms with E-state index in [2.05, 4.69) is 35.1 Å². The van der Waals surface area contributed by atoms with Crippen molar-refractivity contribution >= 4 is 33.6 Å². The first kappa shape index (κ1) is 14.8. The van der Waals surface area contributed by atoms with Gasteiger partial charge in [0.25, 0.3) is 0 Å². The van der Waals surface area contributed by atoms with Crippen molar-refractivity contribution in [3.8, 4) is 0 Å². The third-order valence-electron chi connectivity index (χ3n) is 3.42. The molecule has 2 rings (SSSR count). The number of amides is 2. The maximum atomic E-state index is 12.2. The van der Waals surface area contributed by atoms with Crippen molar-refractivity contribution in [3.63, 3.8) is 0 Å². The number of carbonyl (C=O) groups excluding carboxylic acids is 1. The summed E-state index contributed by atoms with van der Waals surface area (Å²) in [5.41, 5.74) is 0.508. The van der Waals surface area contributed by atoms with Gasteiger partial charge in [-0.05, 0) is 30.0 Å². The number of rotatable bonds is 2. The number of benzene rings is 1. The minimum Gasteiger partial charge on any atom is -0.478 e. The first-order valence-electron chi connectivity index (χ1n) is 6.37. The Morgan fingerprint density at radius 3 is 2.65 bits per heavy atom. The van der Waals surface area contributed by atoms with Gasteiger partial charge in [0.05, 0.1) is 11.3 Å². The van der Waals surface area contributed by atoms with Crippen LogP contribution in [0.15, 0.2) is 22.7 Å². The molecule has 1 aliphatic heterocycles. The van der Waals surface area contributed by atoms with Gasteiger partial charge in [0.15, 0.2) is 0 Å². The molecular weight excluding hydrogens is 324 g/mol. The van der Waals surface area contributed by atoms with Crippen LogP contribution in [-0.4, -0.2) is 35.1 Å². The van der Waals surface area contributed by atoms with Gasteiger partial charge in [-0.25, -0.2) is 9.59 Å². The summed E-state index contributed by atoms with van der Waals surface area (Å²) in [4.78, 5) is 25.1. The number of likely N-dealkylation sites (tertiary alicyclic amines) is 1. The first-order chi connectivity index (χ1) is 9.28. The Morgan fingerprint density at radius 2 is 2.10 bits per heavy atom. The molecule has 5 nitrogen and oxygen atoms in total. The Labute approximate surface area is 126 Å². The van der Waals surface area contributed by atoms with Crippen LogP contribution in [0, 0.1) is 5.41 Å². The average molecular weight is 341 g/mol. The molecule has 108 valence electrons. The van der Waals surface area contributed by atoms with Gasteiger partial charge in [-0.3, -0.25) is 0 Å². The maximum absolute atomic E-state index is 12.2. The zero-order valence-electron chi connectivity index (χ0n) is 11.4. The molecule has 0 spiro atoms. The summed E-state index contributed by atoms with van der Waals surface area (Å²) >= 11 is 3.23. The molecule has 0 radical (unpaired) electrons. The van der Waals surface area contributed by atoms with Gasteiger partial charge in [-0.2, -0.15) is 0 Å². The third-order valence-corrected chi connectivity index (χ3v) is 3.91. The maximum Gasteiger partial charge on any atom is 0.337 e. The van der Waals surface area contributed by atoms with E-state index in [1.54, 1.807) is 17.0 Å². The fourth-order valence-electron chi connectivity index (χ4n) is 2.28. The van der Waals surface area contributed by atoms with Crippen molar-refractivity contribution in [1.29, 1.82) is 0 Å². The highest BCUT2D eigenvalue weighted by molar-refractivity contribution is 9.10. The molecule has 2 N–H and O–H groups in total. The Balaban J connectivity index is 2.14. The predicted molar refractivity (Wildman–Crippen MR) is 80.1 cm³/mol. The number of carbonyl (C=O) groups is 2. The van der Waals surface area contributed by atoms with E-state index in [0.717, 1.165) is 6.42 Å². The molecule has 0 aromatic heterocycles. The lowest BCUT2D eigenvalue weighted by atomic mass is 9.93. The summed E-state index contributed by atoms with van der Waals surface area (Å²) in [6, 6.07) is 4.52. The van der Waals surface area contributed by atoms with Gasteiger partial charge >= 0.3 is 12.0 Å². The Kier molecular flexibility index (Phi) is 4.04. The molecular formula is C14H17BrN2O3. The number of hydrogen-bond donors (Lipinski definition) is 2. The fourth-order valence-corrected chi connectivity index (χ4v) is 2.64. The molecule has 1 aromatic carbocycles. The van der Waals surface area contributed by atoms with E-state index in [4.69, 9.17) is 5.11 Å². The van der Waals surface area contributed by atoms with Crippen molar-refractivity contribution in [2.75, 3.05) is 18.4 Å². The summed E-state index contributed by atoms with van der Waals surface area (Å²) in [7, 11) is 0. The number of hydrogen-bond acceptors (Lipinski definition) is 2. The second kappa shape index (κ2) is 5.44. The number of halogens is 1. The molecule has 1 aromatic rings. The molecule has 0 atom stereocenters. The number of urea groups is 1. The number of nitrogens with zero attached hydrogens (tertiary/aromatic N) is 1. The van der Waals surface area contributed by atoms with E-state index in [9.17, 15) is 9.59 Å². The van der Waals surface area contributed by atoms with Crippen LogP contribution in [0.3, 0.4) is 0 Å². The van der Waals surface area contributed by atoms with Gasteiger partial charge in [-0.1, -0.05) is 29.8 Å². The molecule has 0 aliphatic carbocycles. The van der Waals surface area contributed by atoms with Crippen LogP contribution in [0.4, 0.5) is 10.5 Å². The number of carboxylic acid groups (broad SMARTS) is 1. The first-order valence-corrected chi connectivity index (χ1v) is 7.17. The molecule has 20 heavy (non-hydrogen) atoms. The zero-order chi connectivity index (χ0) is 14.9. The van der Waals surface area contributed by atoms with E-state index >= 15 is 0 Å². The van der Waals surface area contributed by atoms with Crippen LogP contribution < -0.4 is 5.32 Å². The normalized spacial score (nSPS) is 17.1. The zero-order valence-corrected chi connectivity index (χ0v) is 13.0. The summed E-state index contributed by atoms with van der Waals surface area (Å²) in [5.74, 6) is -1.07. The lowest BCUT2D eigenvalue weighted by Crippen LogP contribution is -2.34. The summed E-state index contributed by atoms with van der Waals surface area (Å²) < 4.78 is 0.662. The number of anilines is 1. The lowest BCUT2D eigenvalue weighted by Gasteiger charge is -2.20. The van der Waals surface area contributed by atoms with Crippen LogP contribution in [0.2, 0.25) is 0 Å².